The average molecular weight is 477 g/mol. The molecule has 0 atom stereocenters. The van der Waals surface area contributed by atoms with Crippen LogP contribution in [0.1, 0.15) is 17.7 Å². The number of hydrogen-bond donors (Lipinski definition) is 3. The number of nitrogens with zero attached hydrogens (tertiary/aromatic N) is 3. The van der Waals surface area contributed by atoms with Gasteiger partial charge in [0.05, 0.1) is 24.2 Å². The zero-order valence-corrected chi connectivity index (χ0v) is 19.0. The second kappa shape index (κ2) is 9.03. The number of anilines is 2. The standard InChI is InChI=1S/C24H21ClN6O3/c1-34-20-11-10-15(25)12-19(20)27-24(33)28-21-13-18(14-6-3-2-4-7-14)30-31(21)23-26-17-9-5-8-16(17)22(32)29-23/h2-4,6-7,10-13H,5,8-9H2,1H3,(H,26,29,32)(H2,27,28,33). The molecule has 0 aliphatic heterocycles. The zero-order valence-electron chi connectivity index (χ0n) is 18.3. The maximum atomic E-state index is 12.9. The van der Waals surface area contributed by atoms with E-state index in [4.69, 9.17) is 16.3 Å². The molecule has 0 radical (unpaired) electrons. The van der Waals surface area contributed by atoms with Crippen LogP contribution in [0, 0.1) is 0 Å². The second-order valence-corrected chi connectivity index (χ2v) is 8.22. The molecule has 2 amide bonds. The van der Waals surface area contributed by atoms with E-state index in [-0.39, 0.29) is 11.5 Å². The van der Waals surface area contributed by atoms with Crippen molar-refractivity contribution < 1.29 is 9.53 Å². The van der Waals surface area contributed by atoms with Gasteiger partial charge in [-0.2, -0.15) is 9.78 Å². The maximum absolute atomic E-state index is 12.9. The predicted molar refractivity (Wildman–Crippen MR) is 130 cm³/mol. The number of benzene rings is 2. The molecule has 172 valence electrons. The van der Waals surface area contributed by atoms with Crippen molar-refractivity contribution >= 4 is 29.1 Å². The van der Waals surface area contributed by atoms with Gasteiger partial charge in [-0.05, 0) is 37.5 Å². The second-order valence-electron chi connectivity index (χ2n) is 7.78. The number of carbonyl (C=O) groups excluding carboxylic acids is 1. The van der Waals surface area contributed by atoms with Crippen molar-refractivity contribution in [2.24, 2.45) is 0 Å². The molecular formula is C24H21ClN6O3. The van der Waals surface area contributed by atoms with Crippen molar-refractivity contribution in [3.8, 4) is 23.0 Å². The van der Waals surface area contributed by atoms with Gasteiger partial charge in [-0.1, -0.05) is 41.9 Å². The van der Waals surface area contributed by atoms with Crippen LogP contribution in [0.4, 0.5) is 16.3 Å². The summed E-state index contributed by atoms with van der Waals surface area (Å²) in [6.07, 6.45) is 2.33. The summed E-state index contributed by atoms with van der Waals surface area (Å²) in [5.74, 6) is 1.03. The van der Waals surface area contributed by atoms with Crippen molar-refractivity contribution in [3.05, 3.63) is 81.2 Å². The minimum absolute atomic E-state index is 0.187. The Hall–Kier alpha value is -4.11. The largest absolute Gasteiger partial charge is 0.495 e. The maximum Gasteiger partial charge on any atom is 0.324 e. The van der Waals surface area contributed by atoms with Crippen LogP contribution in [0.15, 0.2) is 59.4 Å². The Balaban J connectivity index is 1.52. The highest BCUT2D eigenvalue weighted by atomic mass is 35.5. The van der Waals surface area contributed by atoms with E-state index in [0.29, 0.717) is 40.0 Å². The van der Waals surface area contributed by atoms with Crippen molar-refractivity contribution in [3.63, 3.8) is 0 Å². The van der Waals surface area contributed by atoms with Gasteiger partial charge in [-0.25, -0.2) is 9.78 Å². The van der Waals surface area contributed by atoms with Gasteiger partial charge in [0.1, 0.15) is 11.6 Å². The molecule has 2 heterocycles. The first kappa shape index (κ1) is 21.7. The first-order valence-electron chi connectivity index (χ1n) is 10.7. The molecule has 10 heteroatoms. The number of aromatic amines is 1. The van der Waals surface area contributed by atoms with Gasteiger partial charge < -0.3 is 10.1 Å². The van der Waals surface area contributed by atoms with E-state index in [1.807, 2.05) is 30.3 Å². The Morgan fingerprint density at radius 3 is 2.74 bits per heavy atom. The summed E-state index contributed by atoms with van der Waals surface area (Å²) in [5, 5.41) is 10.6. The van der Waals surface area contributed by atoms with Crippen LogP contribution in [0.2, 0.25) is 5.02 Å². The van der Waals surface area contributed by atoms with E-state index in [1.54, 1.807) is 24.3 Å². The van der Waals surface area contributed by atoms with E-state index in [1.165, 1.54) is 11.8 Å². The Labute approximate surface area is 199 Å². The summed E-state index contributed by atoms with van der Waals surface area (Å²) in [4.78, 5) is 32.9. The Morgan fingerprint density at radius 2 is 1.94 bits per heavy atom. The van der Waals surface area contributed by atoms with Crippen LogP contribution < -0.4 is 20.9 Å². The number of nitrogens with one attached hydrogen (secondary N) is 3. The Bertz CT molecular complexity index is 1430. The first-order valence-corrected chi connectivity index (χ1v) is 11.1. The van der Waals surface area contributed by atoms with E-state index >= 15 is 0 Å². The van der Waals surface area contributed by atoms with Crippen molar-refractivity contribution in [1.29, 1.82) is 0 Å². The number of carbonyl (C=O) groups is 1. The third kappa shape index (κ3) is 4.25. The summed E-state index contributed by atoms with van der Waals surface area (Å²) in [6, 6.07) is 15.6. The van der Waals surface area contributed by atoms with E-state index in [2.05, 4.69) is 25.7 Å². The number of aromatic nitrogens is 4. The van der Waals surface area contributed by atoms with E-state index in [0.717, 1.165) is 24.1 Å². The normalized spacial score (nSPS) is 12.3. The number of ether oxygens (including phenoxy) is 1. The van der Waals surface area contributed by atoms with Gasteiger partial charge in [0.25, 0.3) is 5.56 Å². The summed E-state index contributed by atoms with van der Waals surface area (Å²) >= 11 is 6.07. The van der Waals surface area contributed by atoms with Gasteiger partial charge >= 0.3 is 6.03 Å². The molecule has 0 saturated carbocycles. The fourth-order valence-corrected chi connectivity index (χ4v) is 4.13. The third-order valence-corrected chi connectivity index (χ3v) is 5.79. The number of amides is 2. The summed E-state index contributed by atoms with van der Waals surface area (Å²) in [6.45, 7) is 0. The van der Waals surface area contributed by atoms with Crippen molar-refractivity contribution in [2.75, 3.05) is 17.7 Å². The molecule has 2 aromatic heterocycles. The summed E-state index contributed by atoms with van der Waals surface area (Å²) < 4.78 is 6.72. The number of rotatable bonds is 5. The quantitative estimate of drug-likeness (QED) is 0.394. The molecule has 2 aromatic carbocycles. The van der Waals surface area contributed by atoms with Crippen molar-refractivity contribution in [1.82, 2.24) is 19.7 Å². The van der Waals surface area contributed by atoms with E-state index in [9.17, 15) is 9.59 Å². The van der Waals surface area contributed by atoms with Crippen LogP contribution in [-0.2, 0) is 12.8 Å². The fourth-order valence-electron chi connectivity index (χ4n) is 3.96. The number of H-pyrrole nitrogens is 1. The molecule has 0 fully saturated rings. The molecule has 4 aromatic rings. The highest BCUT2D eigenvalue weighted by molar-refractivity contribution is 6.31. The summed E-state index contributed by atoms with van der Waals surface area (Å²) in [7, 11) is 1.50. The molecule has 0 spiro atoms. The van der Waals surface area contributed by atoms with Crippen LogP contribution in [0.25, 0.3) is 17.2 Å². The molecule has 9 nitrogen and oxygen atoms in total. The highest BCUT2D eigenvalue weighted by Gasteiger charge is 2.21. The lowest BCUT2D eigenvalue weighted by Gasteiger charge is -2.12. The molecule has 1 aliphatic carbocycles. The molecular weight excluding hydrogens is 456 g/mol. The molecule has 0 saturated heterocycles. The monoisotopic (exact) mass is 476 g/mol. The van der Waals surface area contributed by atoms with Gasteiger partial charge in [0.2, 0.25) is 5.95 Å². The molecule has 0 unspecified atom stereocenters. The lowest BCUT2D eigenvalue weighted by atomic mass is 10.2. The van der Waals surface area contributed by atoms with Gasteiger partial charge in [0.15, 0.2) is 0 Å². The van der Waals surface area contributed by atoms with Gasteiger partial charge in [-0.3, -0.25) is 15.1 Å². The highest BCUT2D eigenvalue weighted by Crippen LogP contribution is 2.29. The zero-order chi connectivity index (χ0) is 23.7. The smallest absolute Gasteiger partial charge is 0.324 e. The minimum atomic E-state index is -0.537. The number of aryl methyl sites for hydroxylation is 1. The van der Waals surface area contributed by atoms with Crippen LogP contribution >= 0.6 is 11.6 Å². The molecule has 5 rings (SSSR count). The van der Waals surface area contributed by atoms with E-state index < -0.39 is 6.03 Å². The molecule has 3 N–H and O–H groups in total. The lowest BCUT2D eigenvalue weighted by Crippen LogP contribution is -2.23. The SMILES string of the molecule is COc1ccc(Cl)cc1NC(=O)Nc1cc(-c2ccccc2)nn1-c1nc2c(c(=O)[nH]1)CCC2. The molecule has 1 aliphatic rings. The van der Waals surface area contributed by atoms with Gasteiger partial charge in [-0.15, -0.1) is 0 Å². The number of urea groups is 1. The molecule has 34 heavy (non-hydrogen) atoms. The van der Waals surface area contributed by atoms with Crippen LogP contribution in [-0.4, -0.2) is 32.9 Å². The van der Waals surface area contributed by atoms with Gasteiger partial charge in [0, 0.05) is 22.2 Å². The fraction of sp³-hybridized carbons (Fsp3) is 0.167. The first-order chi connectivity index (χ1) is 16.5. The number of hydrogen-bond acceptors (Lipinski definition) is 5. The Kier molecular flexibility index (Phi) is 5.77. The number of fused-ring (bicyclic) bond motifs is 1. The average Bonchev–Trinajstić information content (AvgIpc) is 3.47. The number of methoxy groups -OCH3 is 1. The lowest BCUT2D eigenvalue weighted by molar-refractivity contribution is 0.262. The summed E-state index contributed by atoms with van der Waals surface area (Å²) in [5.41, 5.74) is 3.15. The minimum Gasteiger partial charge on any atom is -0.495 e. The number of halogens is 1. The van der Waals surface area contributed by atoms with Crippen LogP contribution in [0.3, 0.4) is 0 Å². The predicted octanol–water partition coefficient (Wildman–Crippen LogP) is 4.42. The topological polar surface area (TPSA) is 114 Å². The Morgan fingerprint density at radius 1 is 1.12 bits per heavy atom. The van der Waals surface area contributed by atoms with Crippen molar-refractivity contribution in [2.45, 2.75) is 19.3 Å². The molecule has 0 bridgehead atoms. The third-order valence-electron chi connectivity index (χ3n) is 5.56. The van der Waals surface area contributed by atoms with Crippen LogP contribution in [0.5, 0.6) is 5.75 Å².